The Kier molecular flexibility index (Phi) is 5.86. The van der Waals surface area contributed by atoms with E-state index in [2.05, 4.69) is 34.3 Å². The van der Waals surface area contributed by atoms with Crippen LogP contribution in [0, 0.1) is 9.62 Å². The van der Waals surface area contributed by atoms with E-state index in [1.807, 2.05) is 6.92 Å². The normalized spacial score (nSPS) is 15.5. The Morgan fingerprint density at radius 2 is 2.11 bits per heavy atom. The van der Waals surface area contributed by atoms with Crippen molar-refractivity contribution in [2.75, 3.05) is 7.11 Å². The van der Waals surface area contributed by atoms with Crippen LogP contribution in [0.25, 0.3) is 10.9 Å². The minimum atomic E-state index is -0.471. The lowest BCUT2D eigenvalue weighted by Crippen LogP contribution is -2.17. The van der Waals surface area contributed by atoms with E-state index >= 15 is 0 Å². The van der Waals surface area contributed by atoms with Crippen LogP contribution in [0.3, 0.4) is 0 Å². The van der Waals surface area contributed by atoms with Crippen molar-refractivity contribution in [3.8, 4) is 0 Å². The highest BCUT2D eigenvalue weighted by molar-refractivity contribution is 14.1. The molecule has 0 saturated heterocycles. The third kappa shape index (κ3) is 3.87. The predicted molar refractivity (Wildman–Crippen MR) is 114 cm³/mol. The molecular weight excluding hydrogens is 479 g/mol. The van der Waals surface area contributed by atoms with Crippen molar-refractivity contribution in [2.24, 2.45) is 5.92 Å². The molecule has 0 N–H and O–H groups in total. The quantitative estimate of drug-likeness (QED) is 0.250. The molecule has 0 unspecified atom stereocenters. The van der Waals surface area contributed by atoms with Crippen molar-refractivity contribution in [2.45, 2.75) is 19.8 Å². The van der Waals surface area contributed by atoms with Crippen molar-refractivity contribution < 1.29 is 14.3 Å². The zero-order valence-corrected chi connectivity index (χ0v) is 17.9. The van der Waals surface area contributed by atoms with Gasteiger partial charge in [-0.25, -0.2) is 4.79 Å². The highest BCUT2D eigenvalue weighted by atomic mass is 127. The second kappa shape index (κ2) is 7.98. The minimum Gasteiger partial charge on any atom is -0.465 e. The average Bonchev–Trinajstić information content (AvgIpc) is 3.45. The summed E-state index contributed by atoms with van der Waals surface area (Å²) in [7, 11) is 1.32. The summed E-state index contributed by atoms with van der Waals surface area (Å²) in [5.41, 5.74) is 2.28. The van der Waals surface area contributed by atoms with Crippen molar-refractivity contribution in [1.82, 2.24) is 9.78 Å². The first-order chi connectivity index (χ1) is 12.9. The predicted octanol–water partition coefficient (Wildman–Crippen LogP) is 5.10. The van der Waals surface area contributed by atoms with Crippen LogP contribution in [0.4, 0.5) is 0 Å². The van der Waals surface area contributed by atoms with Gasteiger partial charge < -0.3 is 4.74 Å². The number of aromatic nitrogens is 2. The van der Waals surface area contributed by atoms with Crippen LogP contribution in [0.1, 0.15) is 34.9 Å². The van der Waals surface area contributed by atoms with Crippen LogP contribution >= 0.6 is 34.2 Å². The Labute approximate surface area is 175 Å². The van der Waals surface area contributed by atoms with Crippen molar-refractivity contribution >= 4 is 57.0 Å². The van der Waals surface area contributed by atoms with Crippen LogP contribution in [0.2, 0.25) is 0 Å². The number of ether oxygens (including phenoxy) is 1. The molecule has 0 bridgehead atoms. The molecule has 1 aliphatic carbocycles. The molecule has 27 heavy (non-hydrogen) atoms. The third-order valence-corrected chi connectivity index (χ3v) is 5.66. The van der Waals surface area contributed by atoms with E-state index in [0.717, 1.165) is 23.8 Å². The van der Waals surface area contributed by atoms with Gasteiger partial charge in [-0.1, -0.05) is 29.8 Å². The van der Waals surface area contributed by atoms with Gasteiger partial charge in [0.25, 0.3) is 5.91 Å². The summed E-state index contributed by atoms with van der Waals surface area (Å²) >= 11 is 8.49. The average molecular weight is 497 g/mol. The first-order valence-electron chi connectivity index (χ1n) is 8.39. The van der Waals surface area contributed by atoms with E-state index in [9.17, 15) is 9.59 Å². The molecule has 1 heterocycles. The Morgan fingerprint density at radius 1 is 1.41 bits per heavy atom. The van der Waals surface area contributed by atoms with E-state index in [-0.39, 0.29) is 5.91 Å². The van der Waals surface area contributed by atoms with Crippen LogP contribution in [0.5, 0.6) is 0 Å². The van der Waals surface area contributed by atoms with Crippen LogP contribution < -0.4 is 0 Å². The molecule has 0 amide bonds. The summed E-state index contributed by atoms with van der Waals surface area (Å²) in [5, 5.41) is 5.51. The Morgan fingerprint density at radius 3 is 2.70 bits per heavy atom. The van der Waals surface area contributed by atoms with Crippen molar-refractivity contribution in [3.05, 3.63) is 62.4 Å². The maximum Gasteiger partial charge on any atom is 0.337 e. The summed E-state index contributed by atoms with van der Waals surface area (Å²) in [6.45, 7) is 5.59. The Bertz CT molecular complexity index is 1020. The number of allylic oxidation sites excluding steroid dienone is 5. The molecular formula is C20H18ClIN2O3. The van der Waals surface area contributed by atoms with Crippen molar-refractivity contribution in [1.29, 1.82) is 0 Å². The van der Waals surface area contributed by atoms with E-state index in [0.29, 0.717) is 31.3 Å². The summed E-state index contributed by atoms with van der Waals surface area (Å²) in [6, 6.07) is 5.03. The smallest absolute Gasteiger partial charge is 0.337 e. The number of carbonyl (C=O) groups is 2. The van der Waals surface area contributed by atoms with E-state index < -0.39 is 5.97 Å². The molecule has 7 heteroatoms. The molecule has 5 nitrogen and oxygen atoms in total. The zero-order valence-electron chi connectivity index (χ0n) is 15.0. The monoisotopic (exact) mass is 496 g/mol. The fraction of sp³-hybridized carbons (Fsp3) is 0.250. The minimum absolute atomic E-state index is 0.322. The fourth-order valence-electron chi connectivity index (χ4n) is 2.95. The largest absolute Gasteiger partial charge is 0.465 e. The van der Waals surface area contributed by atoms with Crippen LogP contribution in [-0.4, -0.2) is 28.8 Å². The van der Waals surface area contributed by atoms with E-state index in [1.54, 1.807) is 30.4 Å². The topological polar surface area (TPSA) is 61.2 Å². The highest BCUT2D eigenvalue weighted by Gasteiger charge is 2.30. The maximum absolute atomic E-state index is 13.4. The number of rotatable bonds is 5. The van der Waals surface area contributed by atoms with Gasteiger partial charge in [0.1, 0.15) is 3.70 Å². The van der Waals surface area contributed by atoms with Gasteiger partial charge in [-0.2, -0.15) is 9.78 Å². The molecule has 1 fully saturated rings. The third-order valence-electron chi connectivity index (χ3n) is 4.55. The second-order valence-corrected chi connectivity index (χ2v) is 7.74. The molecule has 1 aliphatic rings. The van der Waals surface area contributed by atoms with Crippen LogP contribution in [0.15, 0.2) is 53.1 Å². The number of esters is 1. The Balaban J connectivity index is 2.18. The summed E-state index contributed by atoms with van der Waals surface area (Å²) in [6.07, 6.45) is 5.25. The molecule has 0 atom stereocenters. The highest BCUT2D eigenvalue weighted by Crippen LogP contribution is 2.40. The first-order valence-corrected chi connectivity index (χ1v) is 9.85. The van der Waals surface area contributed by atoms with Gasteiger partial charge in [0, 0.05) is 5.39 Å². The lowest BCUT2D eigenvalue weighted by molar-refractivity contribution is 0.0600. The first kappa shape index (κ1) is 19.8. The van der Waals surface area contributed by atoms with E-state index in [4.69, 9.17) is 16.3 Å². The van der Waals surface area contributed by atoms with Crippen LogP contribution in [-0.2, 0) is 4.74 Å². The number of methoxy groups -OCH3 is 1. The second-order valence-electron chi connectivity index (χ2n) is 6.31. The van der Waals surface area contributed by atoms with Gasteiger partial charge in [0.05, 0.1) is 28.8 Å². The van der Waals surface area contributed by atoms with Crippen molar-refractivity contribution in [3.63, 3.8) is 0 Å². The number of fused-ring (bicyclic) bond motifs is 1. The molecule has 2 aromatic rings. The van der Waals surface area contributed by atoms with Gasteiger partial charge in [-0.05, 0) is 72.5 Å². The number of halogens is 2. The molecule has 140 valence electrons. The molecule has 1 aromatic carbocycles. The van der Waals surface area contributed by atoms with Gasteiger partial charge >= 0.3 is 5.97 Å². The molecule has 0 spiro atoms. The number of hydrogen-bond donors (Lipinski definition) is 0. The number of carbonyl (C=O) groups excluding carboxylic acids is 2. The summed E-state index contributed by atoms with van der Waals surface area (Å²) in [5.74, 6) is -0.429. The number of hydrogen-bond acceptors (Lipinski definition) is 4. The van der Waals surface area contributed by atoms with Gasteiger partial charge in [0.15, 0.2) is 0 Å². The summed E-state index contributed by atoms with van der Waals surface area (Å²) in [4.78, 5) is 25.3. The van der Waals surface area contributed by atoms with Gasteiger partial charge in [-0.3, -0.25) is 4.79 Å². The zero-order chi connectivity index (χ0) is 19.7. The Hall–Kier alpha value is -1.93. The van der Waals surface area contributed by atoms with Gasteiger partial charge in [0.2, 0.25) is 0 Å². The fourth-order valence-corrected chi connectivity index (χ4v) is 3.94. The molecule has 1 aromatic heterocycles. The van der Waals surface area contributed by atoms with Gasteiger partial charge in [-0.15, -0.1) is 0 Å². The molecule has 3 rings (SSSR count). The molecule has 0 radical (unpaired) electrons. The summed E-state index contributed by atoms with van der Waals surface area (Å²) < 4.78 is 6.76. The molecule has 1 saturated carbocycles. The number of benzene rings is 1. The van der Waals surface area contributed by atoms with E-state index in [1.165, 1.54) is 11.8 Å². The lowest BCUT2D eigenvalue weighted by atomic mass is 10.0. The maximum atomic E-state index is 13.4. The number of nitrogens with zero attached hydrogens (tertiary/aromatic N) is 2. The standard InChI is InChI=1S/C20H18ClIN2O3/c1-4-5-15(21)17(11(2)12-6-7-12)19(25)24-16-10-13(20(26)27-3)8-9-14(16)18(22)23-24/h4-5,8-10,12H,1,6-7H2,2-3H3/b15-5+,17-11-. The SMILES string of the molecule is C=C/C=C(Cl)\C(C(=O)n1nc(I)c2ccc(C(=O)OC)cc21)=C(/C)C1CC1. The lowest BCUT2D eigenvalue weighted by Gasteiger charge is -2.11. The molecule has 0 aliphatic heterocycles.